The Hall–Kier alpha value is -1.34. The first-order valence-corrected chi connectivity index (χ1v) is 7.64. The highest BCUT2D eigenvalue weighted by Crippen LogP contribution is 2.26. The number of thioether (sulfide) groups is 1. The van der Waals surface area contributed by atoms with Crippen LogP contribution >= 0.6 is 11.8 Å². The van der Waals surface area contributed by atoms with E-state index in [4.69, 9.17) is 5.84 Å². The summed E-state index contributed by atoms with van der Waals surface area (Å²) < 4.78 is 0. The molecule has 0 unspecified atom stereocenters. The molecule has 4 N–H and O–H groups in total. The van der Waals surface area contributed by atoms with Crippen molar-refractivity contribution in [3.63, 3.8) is 0 Å². The summed E-state index contributed by atoms with van der Waals surface area (Å²) in [7, 11) is 0. The Kier molecular flexibility index (Phi) is 4.98. The summed E-state index contributed by atoms with van der Waals surface area (Å²) in [5, 5.41) is 3.75. The van der Waals surface area contributed by atoms with Crippen LogP contribution in [0.2, 0.25) is 0 Å². The number of amides is 1. The Bertz CT molecular complexity index is 434. The van der Waals surface area contributed by atoms with Crippen molar-refractivity contribution in [2.75, 3.05) is 11.7 Å². The Morgan fingerprint density at radius 2 is 2.11 bits per heavy atom. The highest BCUT2D eigenvalue weighted by atomic mass is 32.2. The number of aromatic nitrogens is 2. The molecule has 104 valence electrons. The molecular formula is C12H19N5OS. The molecule has 0 atom stereocenters. The number of carbonyl (C=O) groups excluding carboxylic acids is 1. The number of hydrogen-bond donors (Lipinski definition) is 3. The lowest BCUT2D eigenvalue weighted by Gasteiger charge is -2.27. The van der Waals surface area contributed by atoms with Gasteiger partial charge in [0.2, 0.25) is 0 Å². The predicted octanol–water partition coefficient (Wildman–Crippen LogP) is 1.17. The second kappa shape index (κ2) is 6.72. The molecule has 1 aliphatic rings. The van der Waals surface area contributed by atoms with Crippen LogP contribution in [0.4, 0.5) is 5.82 Å². The third-order valence-corrected chi connectivity index (χ3v) is 4.50. The van der Waals surface area contributed by atoms with Gasteiger partial charge in [-0.3, -0.25) is 9.78 Å². The van der Waals surface area contributed by atoms with Crippen molar-refractivity contribution in [3.8, 4) is 0 Å². The van der Waals surface area contributed by atoms with Crippen molar-refractivity contribution >= 4 is 23.5 Å². The number of nitrogens with one attached hydrogen (secondary N) is 2. The summed E-state index contributed by atoms with van der Waals surface area (Å²) in [6.07, 6.45) is 9.43. The molecule has 7 heteroatoms. The van der Waals surface area contributed by atoms with Crippen molar-refractivity contribution in [1.82, 2.24) is 15.3 Å². The Morgan fingerprint density at radius 3 is 2.74 bits per heavy atom. The Labute approximate surface area is 116 Å². The number of nitrogen functional groups attached to an aromatic ring is 1. The minimum absolute atomic E-state index is 0.183. The SMILES string of the molecule is CSC1CCC(NC(=O)c2cncc(NN)n2)CC1. The third-order valence-electron chi connectivity index (χ3n) is 3.36. The van der Waals surface area contributed by atoms with E-state index in [-0.39, 0.29) is 11.9 Å². The number of anilines is 1. The lowest BCUT2D eigenvalue weighted by Crippen LogP contribution is -2.38. The third kappa shape index (κ3) is 3.81. The number of nitrogens with zero attached hydrogens (tertiary/aromatic N) is 2. The van der Waals surface area contributed by atoms with Gasteiger partial charge in [-0.1, -0.05) is 0 Å². The van der Waals surface area contributed by atoms with Gasteiger partial charge in [0, 0.05) is 11.3 Å². The molecule has 0 aliphatic heterocycles. The Balaban J connectivity index is 1.90. The van der Waals surface area contributed by atoms with E-state index in [9.17, 15) is 4.79 Å². The highest BCUT2D eigenvalue weighted by molar-refractivity contribution is 7.99. The van der Waals surface area contributed by atoms with Gasteiger partial charge < -0.3 is 10.7 Å². The molecule has 0 saturated heterocycles. The average molecular weight is 281 g/mol. The molecule has 0 radical (unpaired) electrons. The number of rotatable bonds is 4. The molecule has 1 fully saturated rings. The van der Waals surface area contributed by atoms with Crippen LogP contribution in [-0.4, -0.2) is 33.4 Å². The zero-order chi connectivity index (χ0) is 13.7. The fourth-order valence-corrected chi connectivity index (χ4v) is 2.99. The van der Waals surface area contributed by atoms with E-state index >= 15 is 0 Å². The van der Waals surface area contributed by atoms with Crippen LogP contribution in [0.3, 0.4) is 0 Å². The Morgan fingerprint density at radius 1 is 1.37 bits per heavy atom. The first kappa shape index (κ1) is 14.1. The van der Waals surface area contributed by atoms with E-state index in [1.807, 2.05) is 11.8 Å². The van der Waals surface area contributed by atoms with Gasteiger partial charge in [0.25, 0.3) is 5.91 Å². The molecule has 0 aromatic carbocycles. The van der Waals surface area contributed by atoms with Crippen LogP contribution in [0.5, 0.6) is 0 Å². The fourth-order valence-electron chi connectivity index (χ4n) is 2.25. The molecule has 0 spiro atoms. The first-order chi connectivity index (χ1) is 9.22. The van der Waals surface area contributed by atoms with E-state index in [0.717, 1.165) is 30.9 Å². The standard InChI is InChI=1S/C12H19N5OS/c1-19-9-4-2-8(3-5-9)15-12(18)10-6-14-7-11(16-10)17-13/h6-9H,2-5,13H2,1H3,(H,15,18)(H,16,17). The normalized spacial score (nSPS) is 22.8. The quantitative estimate of drug-likeness (QED) is 0.566. The molecule has 6 nitrogen and oxygen atoms in total. The molecule has 1 saturated carbocycles. The second-order valence-electron chi connectivity index (χ2n) is 4.62. The summed E-state index contributed by atoms with van der Waals surface area (Å²) in [5.41, 5.74) is 2.68. The molecule has 1 heterocycles. The van der Waals surface area contributed by atoms with Crippen LogP contribution in [0.15, 0.2) is 12.4 Å². The van der Waals surface area contributed by atoms with E-state index in [1.54, 1.807) is 0 Å². The van der Waals surface area contributed by atoms with Gasteiger partial charge >= 0.3 is 0 Å². The molecule has 1 amide bonds. The molecule has 19 heavy (non-hydrogen) atoms. The van der Waals surface area contributed by atoms with Crippen molar-refractivity contribution < 1.29 is 4.79 Å². The second-order valence-corrected chi connectivity index (χ2v) is 5.75. The molecule has 1 aliphatic carbocycles. The molecule has 2 rings (SSSR count). The zero-order valence-corrected chi connectivity index (χ0v) is 11.7. The number of hydrazine groups is 1. The molecule has 0 bridgehead atoms. The lowest BCUT2D eigenvalue weighted by atomic mass is 9.95. The lowest BCUT2D eigenvalue weighted by molar-refractivity contribution is 0.0923. The maximum absolute atomic E-state index is 12.0. The van der Waals surface area contributed by atoms with Crippen LogP contribution in [0.25, 0.3) is 0 Å². The van der Waals surface area contributed by atoms with Gasteiger partial charge in [0.15, 0.2) is 5.82 Å². The van der Waals surface area contributed by atoms with E-state index in [2.05, 4.69) is 27.0 Å². The monoisotopic (exact) mass is 281 g/mol. The molecular weight excluding hydrogens is 262 g/mol. The zero-order valence-electron chi connectivity index (χ0n) is 10.9. The maximum Gasteiger partial charge on any atom is 0.271 e. The van der Waals surface area contributed by atoms with Gasteiger partial charge in [-0.05, 0) is 31.9 Å². The van der Waals surface area contributed by atoms with Crippen LogP contribution in [-0.2, 0) is 0 Å². The van der Waals surface area contributed by atoms with Gasteiger partial charge in [-0.25, -0.2) is 10.8 Å². The van der Waals surface area contributed by atoms with E-state index < -0.39 is 0 Å². The number of nitrogens with two attached hydrogens (primary N) is 1. The highest BCUT2D eigenvalue weighted by Gasteiger charge is 2.22. The molecule has 1 aromatic heterocycles. The maximum atomic E-state index is 12.0. The van der Waals surface area contributed by atoms with Gasteiger partial charge in [-0.2, -0.15) is 11.8 Å². The largest absolute Gasteiger partial charge is 0.348 e. The summed E-state index contributed by atoms with van der Waals surface area (Å²) in [6.45, 7) is 0. The van der Waals surface area contributed by atoms with Crippen LogP contribution in [0.1, 0.15) is 36.2 Å². The minimum Gasteiger partial charge on any atom is -0.348 e. The van der Waals surface area contributed by atoms with Crippen LogP contribution < -0.4 is 16.6 Å². The predicted molar refractivity (Wildman–Crippen MR) is 76.9 cm³/mol. The number of carbonyl (C=O) groups is 1. The van der Waals surface area contributed by atoms with Gasteiger partial charge in [0.05, 0.1) is 12.4 Å². The summed E-state index contributed by atoms with van der Waals surface area (Å²) in [4.78, 5) is 20.0. The van der Waals surface area contributed by atoms with Crippen molar-refractivity contribution in [2.45, 2.75) is 37.0 Å². The fraction of sp³-hybridized carbons (Fsp3) is 0.583. The summed E-state index contributed by atoms with van der Waals surface area (Å²) in [6, 6.07) is 0.243. The first-order valence-electron chi connectivity index (χ1n) is 6.35. The van der Waals surface area contributed by atoms with Gasteiger partial charge in [-0.15, -0.1) is 0 Å². The van der Waals surface area contributed by atoms with Crippen molar-refractivity contribution in [1.29, 1.82) is 0 Å². The van der Waals surface area contributed by atoms with Gasteiger partial charge in [0.1, 0.15) is 5.69 Å². The molecule has 1 aromatic rings. The number of hydrogen-bond acceptors (Lipinski definition) is 6. The van der Waals surface area contributed by atoms with Crippen molar-refractivity contribution in [3.05, 3.63) is 18.1 Å². The summed E-state index contributed by atoms with van der Waals surface area (Å²) in [5.74, 6) is 5.45. The summed E-state index contributed by atoms with van der Waals surface area (Å²) >= 11 is 1.91. The average Bonchev–Trinajstić information content (AvgIpc) is 2.48. The minimum atomic E-state index is -0.183. The van der Waals surface area contributed by atoms with Crippen LogP contribution in [0, 0.1) is 0 Å². The smallest absolute Gasteiger partial charge is 0.271 e. The topological polar surface area (TPSA) is 92.9 Å². The van der Waals surface area contributed by atoms with Crippen molar-refractivity contribution in [2.24, 2.45) is 5.84 Å². The van der Waals surface area contributed by atoms with E-state index in [0.29, 0.717) is 11.5 Å². The van der Waals surface area contributed by atoms with E-state index in [1.165, 1.54) is 12.4 Å².